The number of halogens is 2. The van der Waals surface area contributed by atoms with Gasteiger partial charge in [-0.2, -0.15) is 4.98 Å². The summed E-state index contributed by atoms with van der Waals surface area (Å²) in [5, 5.41) is 1.31. The third-order valence-electron chi connectivity index (χ3n) is 3.08. The Morgan fingerprint density at radius 2 is 2.15 bits per heavy atom. The van der Waals surface area contributed by atoms with Crippen molar-refractivity contribution in [1.82, 2.24) is 9.38 Å². The zero-order valence-corrected chi connectivity index (χ0v) is 13.1. The summed E-state index contributed by atoms with van der Waals surface area (Å²) in [5.74, 6) is 1.32. The molecule has 20 heavy (non-hydrogen) atoms. The Bertz CT molecular complexity index is 770. The quantitative estimate of drug-likeness (QED) is 0.622. The Kier molecular flexibility index (Phi) is 3.68. The number of nitrogens with zero attached hydrogens (tertiary/aromatic N) is 2. The van der Waals surface area contributed by atoms with Crippen LogP contribution in [0.4, 0.5) is 0 Å². The molecule has 2 aromatic heterocycles. The fraction of sp³-hybridized carbons (Fsp3) is 0.133. The van der Waals surface area contributed by atoms with Crippen molar-refractivity contribution in [3.8, 4) is 11.6 Å². The van der Waals surface area contributed by atoms with E-state index in [0.29, 0.717) is 16.2 Å². The SMILES string of the molecule is Cc1ccc(Cl)cc1Oc1nc2ccccn2c1CBr. The van der Waals surface area contributed by atoms with Crippen molar-refractivity contribution in [3.05, 3.63) is 58.9 Å². The van der Waals surface area contributed by atoms with Crippen LogP contribution in [0.3, 0.4) is 0 Å². The molecular formula is C15H12BrClN2O. The average molecular weight is 352 g/mol. The lowest BCUT2D eigenvalue weighted by Gasteiger charge is -2.08. The van der Waals surface area contributed by atoms with E-state index in [4.69, 9.17) is 16.3 Å². The number of hydrogen-bond acceptors (Lipinski definition) is 2. The third-order valence-corrected chi connectivity index (χ3v) is 3.84. The lowest BCUT2D eigenvalue weighted by Crippen LogP contribution is -1.93. The smallest absolute Gasteiger partial charge is 0.242 e. The number of aromatic nitrogens is 2. The molecule has 0 N–H and O–H groups in total. The molecule has 0 saturated heterocycles. The monoisotopic (exact) mass is 350 g/mol. The van der Waals surface area contributed by atoms with Gasteiger partial charge in [-0.15, -0.1) is 0 Å². The molecule has 3 nitrogen and oxygen atoms in total. The van der Waals surface area contributed by atoms with Gasteiger partial charge in [0, 0.05) is 16.5 Å². The molecular weight excluding hydrogens is 340 g/mol. The minimum absolute atomic E-state index is 0.596. The van der Waals surface area contributed by atoms with E-state index in [1.165, 1.54) is 0 Å². The number of pyridine rings is 1. The maximum Gasteiger partial charge on any atom is 0.242 e. The molecule has 0 aliphatic rings. The van der Waals surface area contributed by atoms with Gasteiger partial charge < -0.3 is 4.74 Å². The Hall–Kier alpha value is -1.52. The summed E-state index contributed by atoms with van der Waals surface area (Å²) in [5.41, 5.74) is 2.85. The first-order chi connectivity index (χ1) is 9.69. The van der Waals surface area contributed by atoms with Gasteiger partial charge in [-0.05, 0) is 36.8 Å². The highest BCUT2D eigenvalue weighted by Gasteiger charge is 2.14. The van der Waals surface area contributed by atoms with E-state index < -0.39 is 0 Å². The Morgan fingerprint density at radius 3 is 2.95 bits per heavy atom. The Morgan fingerprint density at radius 1 is 1.30 bits per heavy atom. The number of imidazole rings is 1. The molecule has 3 rings (SSSR count). The van der Waals surface area contributed by atoms with E-state index in [1.54, 1.807) is 6.07 Å². The molecule has 0 aliphatic carbocycles. The van der Waals surface area contributed by atoms with Gasteiger partial charge in [0.1, 0.15) is 11.4 Å². The first-order valence-corrected chi connectivity index (χ1v) is 7.65. The van der Waals surface area contributed by atoms with Crippen LogP contribution in [0.25, 0.3) is 5.65 Å². The number of hydrogen-bond donors (Lipinski definition) is 0. The van der Waals surface area contributed by atoms with Crippen LogP contribution < -0.4 is 4.74 Å². The molecule has 0 unspecified atom stereocenters. The van der Waals surface area contributed by atoms with Gasteiger partial charge in [0.2, 0.25) is 5.88 Å². The normalized spacial score (nSPS) is 10.9. The van der Waals surface area contributed by atoms with E-state index in [-0.39, 0.29) is 0 Å². The zero-order chi connectivity index (χ0) is 14.1. The van der Waals surface area contributed by atoms with Crippen molar-refractivity contribution in [2.45, 2.75) is 12.3 Å². The van der Waals surface area contributed by atoms with Gasteiger partial charge in [0.05, 0.1) is 5.69 Å². The molecule has 1 aromatic carbocycles. The number of rotatable bonds is 3. The molecule has 0 amide bonds. The summed E-state index contributed by atoms with van der Waals surface area (Å²) in [6, 6.07) is 11.5. The summed E-state index contributed by atoms with van der Waals surface area (Å²) >= 11 is 9.51. The highest BCUT2D eigenvalue weighted by atomic mass is 79.9. The van der Waals surface area contributed by atoms with Crippen molar-refractivity contribution in [2.75, 3.05) is 0 Å². The van der Waals surface area contributed by atoms with Crippen molar-refractivity contribution < 1.29 is 4.74 Å². The number of ether oxygens (including phenoxy) is 1. The molecule has 0 saturated carbocycles. The van der Waals surface area contributed by atoms with E-state index in [2.05, 4.69) is 20.9 Å². The molecule has 0 fully saturated rings. The van der Waals surface area contributed by atoms with E-state index >= 15 is 0 Å². The summed E-state index contributed by atoms with van der Waals surface area (Å²) in [4.78, 5) is 4.52. The largest absolute Gasteiger partial charge is 0.437 e. The Labute approximate surface area is 130 Å². The maximum atomic E-state index is 6.02. The summed E-state index contributed by atoms with van der Waals surface area (Å²) in [6.45, 7) is 1.98. The molecule has 5 heteroatoms. The second-order valence-electron chi connectivity index (χ2n) is 4.44. The minimum atomic E-state index is 0.596. The topological polar surface area (TPSA) is 26.5 Å². The van der Waals surface area contributed by atoms with Crippen molar-refractivity contribution in [3.63, 3.8) is 0 Å². The van der Waals surface area contributed by atoms with Gasteiger partial charge in [-0.3, -0.25) is 4.40 Å². The highest BCUT2D eigenvalue weighted by molar-refractivity contribution is 9.08. The Balaban J connectivity index is 2.08. The van der Waals surface area contributed by atoms with Gasteiger partial charge >= 0.3 is 0 Å². The average Bonchev–Trinajstić information content (AvgIpc) is 2.80. The van der Waals surface area contributed by atoms with Crippen LogP contribution in [0.1, 0.15) is 11.3 Å². The third kappa shape index (κ3) is 2.41. The van der Waals surface area contributed by atoms with Crippen LogP contribution in [0, 0.1) is 6.92 Å². The van der Waals surface area contributed by atoms with Gasteiger partial charge in [-0.1, -0.05) is 39.7 Å². The second-order valence-corrected chi connectivity index (χ2v) is 5.44. The van der Waals surface area contributed by atoms with E-state index in [9.17, 15) is 0 Å². The minimum Gasteiger partial charge on any atom is -0.437 e. The standard InChI is InChI=1S/C15H12BrClN2O/c1-10-5-6-11(17)8-13(10)20-15-12(9-16)19-7-3-2-4-14(19)18-15/h2-8H,9H2,1H3. The molecule has 0 radical (unpaired) electrons. The van der Waals surface area contributed by atoms with E-state index in [0.717, 1.165) is 22.7 Å². The molecule has 0 atom stereocenters. The number of alkyl halides is 1. The maximum absolute atomic E-state index is 6.02. The van der Waals surface area contributed by atoms with Crippen LogP contribution >= 0.6 is 27.5 Å². The van der Waals surface area contributed by atoms with Gasteiger partial charge in [-0.25, -0.2) is 0 Å². The van der Waals surface area contributed by atoms with Crippen LogP contribution in [-0.2, 0) is 5.33 Å². The predicted octanol–water partition coefficient (Wildman–Crippen LogP) is 4.98. The van der Waals surface area contributed by atoms with Crippen molar-refractivity contribution in [1.29, 1.82) is 0 Å². The van der Waals surface area contributed by atoms with Crippen LogP contribution in [0.15, 0.2) is 42.6 Å². The zero-order valence-electron chi connectivity index (χ0n) is 10.8. The summed E-state index contributed by atoms with van der Waals surface area (Å²) < 4.78 is 7.95. The van der Waals surface area contributed by atoms with Gasteiger partial charge in [0.15, 0.2) is 0 Å². The van der Waals surface area contributed by atoms with Crippen molar-refractivity contribution in [2.24, 2.45) is 0 Å². The number of benzene rings is 1. The van der Waals surface area contributed by atoms with Crippen molar-refractivity contribution >= 4 is 33.2 Å². The molecule has 0 bridgehead atoms. The van der Waals surface area contributed by atoms with Crippen LogP contribution in [0.5, 0.6) is 11.6 Å². The molecule has 2 heterocycles. The predicted molar refractivity (Wildman–Crippen MR) is 84.1 cm³/mol. The fourth-order valence-corrected chi connectivity index (χ4v) is 2.69. The van der Waals surface area contributed by atoms with E-state index in [1.807, 2.05) is 47.9 Å². The van der Waals surface area contributed by atoms with Gasteiger partial charge in [0.25, 0.3) is 0 Å². The molecule has 0 spiro atoms. The first-order valence-electron chi connectivity index (χ1n) is 6.15. The fourth-order valence-electron chi connectivity index (χ4n) is 2.02. The summed E-state index contributed by atoms with van der Waals surface area (Å²) in [6.07, 6.45) is 1.97. The molecule has 102 valence electrons. The lowest BCUT2D eigenvalue weighted by atomic mass is 10.2. The lowest BCUT2D eigenvalue weighted by molar-refractivity contribution is 0.458. The summed E-state index contributed by atoms with van der Waals surface area (Å²) in [7, 11) is 0. The van der Waals surface area contributed by atoms with Crippen LogP contribution in [0.2, 0.25) is 5.02 Å². The second kappa shape index (κ2) is 5.46. The number of aryl methyl sites for hydroxylation is 1. The van der Waals surface area contributed by atoms with Crippen LogP contribution in [-0.4, -0.2) is 9.38 Å². The first kappa shape index (κ1) is 13.5. The number of fused-ring (bicyclic) bond motifs is 1. The molecule has 3 aromatic rings. The highest BCUT2D eigenvalue weighted by Crippen LogP contribution is 2.31. The molecule has 0 aliphatic heterocycles.